The van der Waals surface area contributed by atoms with Gasteiger partial charge in [0.05, 0.1) is 10.6 Å². The topological polar surface area (TPSA) is 115 Å². The summed E-state index contributed by atoms with van der Waals surface area (Å²) >= 11 is 5.54. The number of alkyl halides is 1. The van der Waals surface area contributed by atoms with Crippen molar-refractivity contribution in [2.75, 3.05) is 5.75 Å². The Morgan fingerprint density at radius 1 is 1.30 bits per heavy atom. The standard InChI is InChI=1S/C11H16ClNO5S2/c1-8(12)19(14,15)6-5-11(13)9-3-2-4-10(7-9)20(16,17)18/h2-4,7-8,11H,5-6,13H2,1H3,(H,16,17,18). The SMILES string of the molecule is CC(Cl)S(=O)(=O)CCC(N)c1cccc(S(=O)(=O)O)c1. The average molecular weight is 342 g/mol. The minimum absolute atomic E-state index is 0.105. The molecule has 0 saturated heterocycles. The minimum Gasteiger partial charge on any atom is -0.324 e. The lowest BCUT2D eigenvalue weighted by Crippen LogP contribution is -2.21. The van der Waals surface area contributed by atoms with Gasteiger partial charge in [-0.25, -0.2) is 8.42 Å². The zero-order valence-corrected chi connectivity index (χ0v) is 13.1. The molecule has 9 heteroatoms. The van der Waals surface area contributed by atoms with Crippen molar-refractivity contribution < 1.29 is 21.4 Å². The molecule has 20 heavy (non-hydrogen) atoms. The van der Waals surface area contributed by atoms with E-state index < -0.39 is 30.7 Å². The van der Waals surface area contributed by atoms with Crippen molar-refractivity contribution in [2.24, 2.45) is 5.73 Å². The van der Waals surface area contributed by atoms with E-state index in [1.165, 1.54) is 25.1 Å². The van der Waals surface area contributed by atoms with Gasteiger partial charge in [-0.1, -0.05) is 12.1 Å². The molecule has 0 bridgehead atoms. The fraction of sp³-hybridized carbons (Fsp3) is 0.455. The zero-order chi connectivity index (χ0) is 15.6. The molecular weight excluding hydrogens is 326 g/mol. The van der Waals surface area contributed by atoms with Crippen LogP contribution in [0.15, 0.2) is 29.2 Å². The second kappa shape index (κ2) is 6.40. The highest BCUT2D eigenvalue weighted by molar-refractivity contribution is 7.93. The van der Waals surface area contributed by atoms with E-state index in [2.05, 4.69) is 0 Å². The number of hydrogen-bond donors (Lipinski definition) is 2. The molecular formula is C11H16ClNO5S2. The number of nitrogens with two attached hydrogens (primary N) is 1. The maximum absolute atomic E-state index is 11.6. The summed E-state index contributed by atoms with van der Waals surface area (Å²) in [5, 5.41) is 0. The van der Waals surface area contributed by atoms with Crippen molar-refractivity contribution >= 4 is 31.6 Å². The van der Waals surface area contributed by atoms with E-state index in [-0.39, 0.29) is 17.1 Å². The second-order valence-corrected chi connectivity index (χ2v) is 9.13. The predicted octanol–water partition coefficient (Wildman–Crippen LogP) is 1.32. The number of halogens is 1. The van der Waals surface area contributed by atoms with Gasteiger partial charge in [-0.15, -0.1) is 11.6 Å². The molecule has 0 fully saturated rings. The van der Waals surface area contributed by atoms with Crippen molar-refractivity contribution in [3.05, 3.63) is 29.8 Å². The van der Waals surface area contributed by atoms with Crippen LogP contribution in [0.25, 0.3) is 0 Å². The molecule has 0 heterocycles. The number of rotatable bonds is 6. The third kappa shape index (κ3) is 4.71. The van der Waals surface area contributed by atoms with Gasteiger partial charge in [0.1, 0.15) is 4.71 Å². The highest BCUT2D eigenvalue weighted by Crippen LogP contribution is 2.20. The van der Waals surface area contributed by atoms with Crippen LogP contribution in [0.1, 0.15) is 24.9 Å². The lowest BCUT2D eigenvalue weighted by molar-refractivity contribution is 0.483. The largest absolute Gasteiger partial charge is 0.324 e. The Bertz CT molecular complexity index is 670. The fourth-order valence-electron chi connectivity index (χ4n) is 1.53. The minimum atomic E-state index is -4.31. The monoisotopic (exact) mass is 341 g/mol. The van der Waals surface area contributed by atoms with Crippen molar-refractivity contribution in [2.45, 2.75) is 29.0 Å². The smallest absolute Gasteiger partial charge is 0.294 e. The molecule has 2 atom stereocenters. The summed E-state index contributed by atoms with van der Waals surface area (Å²) in [6.07, 6.45) is 0.105. The van der Waals surface area contributed by atoms with Crippen LogP contribution < -0.4 is 5.73 Å². The maximum atomic E-state index is 11.6. The fourth-order valence-corrected chi connectivity index (χ4v) is 3.24. The van der Waals surface area contributed by atoms with E-state index in [0.29, 0.717) is 5.56 Å². The molecule has 0 aliphatic carbocycles. The Hall–Kier alpha value is -0.670. The molecule has 1 rings (SSSR count). The summed E-state index contributed by atoms with van der Waals surface area (Å²) in [5.41, 5.74) is 6.26. The van der Waals surface area contributed by atoms with Gasteiger partial charge in [-0.05, 0) is 31.0 Å². The van der Waals surface area contributed by atoms with Crippen LogP contribution in [-0.2, 0) is 20.0 Å². The van der Waals surface area contributed by atoms with Gasteiger partial charge in [0.2, 0.25) is 0 Å². The van der Waals surface area contributed by atoms with E-state index in [1.807, 2.05) is 0 Å². The lowest BCUT2D eigenvalue weighted by Gasteiger charge is -2.13. The van der Waals surface area contributed by atoms with Crippen LogP contribution in [0.4, 0.5) is 0 Å². The molecule has 0 aromatic heterocycles. The van der Waals surface area contributed by atoms with E-state index >= 15 is 0 Å². The van der Waals surface area contributed by atoms with Gasteiger partial charge < -0.3 is 5.73 Å². The van der Waals surface area contributed by atoms with Gasteiger partial charge >= 0.3 is 0 Å². The summed E-state index contributed by atoms with van der Waals surface area (Å²) in [7, 11) is -7.73. The summed E-state index contributed by atoms with van der Waals surface area (Å²) in [6.45, 7) is 1.36. The molecule has 0 amide bonds. The molecule has 0 aliphatic rings. The molecule has 0 spiro atoms. The van der Waals surface area contributed by atoms with Crippen LogP contribution in [0.5, 0.6) is 0 Å². The molecule has 0 saturated carbocycles. The highest BCUT2D eigenvalue weighted by atomic mass is 35.5. The second-order valence-electron chi connectivity index (χ2n) is 4.35. The summed E-state index contributed by atoms with van der Waals surface area (Å²) in [5.74, 6) is -0.199. The molecule has 2 unspecified atom stereocenters. The number of benzene rings is 1. The van der Waals surface area contributed by atoms with Gasteiger partial charge in [0.15, 0.2) is 9.84 Å². The molecule has 1 aromatic rings. The van der Waals surface area contributed by atoms with Crippen LogP contribution in [0.3, 0.4) is 0 Å². The van der Waals surface area contributed by atoms with E-state index in [1.54, 1.807) is 6.07 Å². The lowest BCUT2D eigenvalue weighted by atomic mass is 10.1. The number of sulfone groups is 1. The Morgan fingerprint density at radius 2 is 1.90 bits per heavy atom. The zero-order valence-electron chi connectivity index (χ0n) is 10.7. The molecule has 0 aliphatic heterocycles. The van der Waals surface area contributed by atoms with Crippen LogP contribution in [-0.4, -0.2) is 31.9 Å². The van der Waals surface area contributed by atoms with Gasteiger partial charge in [-0.2, -0.15) is 8.42 Å². The first kappa shape index (κ1) is 17.4. The number of hydrogen-bond acceptors (Lipinski definition) is 5. The average Bonchev–Trinajstić information content (AvgIpc) is 2.35. The van der Waals surface area contributed by atoms with Crippen LogP contribution in [0.2, 0.25) is 0 Å². The third-order valence-electron chi connectivity index (χ3n) is 2.79. The van der Waals surface area contributed by atoms with Crippen LogP contribution in [0, 0.1) is 0 Å². The van der Waals surface area contributed by atoms with Gasteiger partial charge in [0.25, 0.3) is 10.1 Å². The summed E-state index contributed by atoms with van der Waals surface area (Å²) in [6, 6.07) is 4.77. The van der Waals surface area contributed by atoms with Crippen molar-refractivity contribution in [1.82, 2.24) is 0 Å². The molecule has 3 N–H and O–H groups in total. The van der Waals surface area contributed by atoms with Crippen molar-refractivity contribution in [1.29, 1.82) is 0 Å². The highest BCUT2D eigenvalue weighted by Gasteiger charge is 2.20. The molecule has 0 radical (unpaired) electrons. The maximum Gasteiger partial charge on any atom is 0.294 e. The molecule has 6 nitrogen and oxygen atoms in total. The van der Waals surface area contributed by atoms with Crippen LogP contribution >= 0.6 is 11.6 Å². The first-order chi connectivity index (χ1) is 9.04. The van der Waals surface area contributed by atoms with Gasteiger partial charge in [0, 0.05) is 6.04 Å². The Balaban J connectivity index is 2.87. The molecule has 1 aromatic carbocycles. The Kier molecular flexibility index (Phi) is 5.56. The quantitative estimate of drug-likeness (QED) is 0.595. The summed E-state index contributed by atoms with van der Waals surface area (Å²) in [4.78, 5) is -0.279. The first-order valence-electron chi connectivity index (χ1n) is 5.72. The molecule has 114 valence electrons. The Labute approximate surface area is 123 Å². The van der Waals surface area contributed by atoms with Crippen molar-refractivity contribution in [3.63, 3.8) is 0 Å². The van der Waals surface area contributed by atoms with Crippen molar-refractivity contribution in [3.8, 4) is 0 Å². The van der Waals surface area contributed by atoms with E-state index in [9.17, 15) is 16.8 Å². The Morgan fingerprint density at radius 3 is 2.40 bits per heavy atom. The normalized spacial score (nSPS) is 15.8. The van der Waals surface area contributed by atoms with E-state index in [4.69, 9.17) is 21.9 Å². The third-order valence-corrected chi connectivity index (χ3v) is 6.25. The predicted molar refractivity (Wildman–Crippen MR) is 76.9 cm³/mol. The van der Waals surface area contributed by atoms with E-state index in [0.717, 1.165) is 0 Å². The summed E-state index contributed by atoms with van der Waals surface area (Å²) < 4.78 is 53.1. The first-order valence-corrected chi connectivity index (χ1v) is 9.32. The van der Waals surface area contributed by atoms with Gasteiger partial charge in [-0.3, -0.25) is 4.55 Å².